The minimum Gasteiger partial charge on any atom is -0.356 e. The third-order valence-electron chi connectivity index (χ3n) is 5.06. The number of rotatable bonds is 6. The van der Waals surface area contributed by atoms with E-state index in [1.807, 2.05) is 17.0 Å². The van der Waals surface area contributed by atoms with Gasteiger partial charge in [-0.3, -0.25) is 9.79 Å². The fraction of sp³-hybridized carbons (Fsp3) is 0.364. The summed E-state index contributed by atoms with van der Waals surface area (Å²) in [6, 6.07) is 11.2. The standard InChI is InChI=1S/C22H26F2N4O/c1-15(19-10-9-18(23)12-20(19)24)27-22(25-2)26-11-5-8-21(29)28-13-16-6-3-4-7-17(16)14-28/h3-4,6-7,9-10,12,15H,5,8,11,13-14H2,1-2H3,(H2,25,26,27). The van der Waals surface area contributed by atoms with Crippen molar-refractivity contribution in [2.75, 3.05) is 13.6 Å². The van der Waals surface area contributed by atoms with Gasteiger partial charge in [-0.2, -0.15) is 0 Å². The molecule has 0 spiro atoms. The van der Waals surface area contributed by atoms with Crippen molar-refractivity contribution in [3.8, 4) is 0 Å². The summed E-state index contributed by atoms with van der Waals surface area (Å²) in [6.07, 6.45) is 1.10. The average Bonchev–Trinajstić information content (AvgIpc) is 3.14. The van der Waals surface area contributed by atoms with Crippen LogP contribution in [0.5, 0.6) is 0 Å². The predicted molar refractivity (Wildman–Crippen MR) is 109 cm³/mol. The van der Waals surface area contributed by atoms with Gasteiger partial charge in [0.2, 0.25) is 5.91 Å². The van der Waals surface area contributed by atoms with Crippen molar-refractivity contribution in [3.05, 3.63) is 70.8 Å². The molecular formula is C22H26F2N4O. The molecule has 1 heterocycles. The van der Waals surface area contributed by atoms with Crippen LogP contribution >= 0.6 is 0 Å². The molecule has 29 heavy (non-hydrogen) atoms. The molecule has 1 atom stereocenters. The second kappa shape index (κ2) is 9.49. The Bertz CT molecular complexity index is 875. The Balaban J connectivity index is 1.41. The maximum absolute atomic E-state index is 13.9. The zero-order chi connectivity index (χ0) is 20.8. The molecule has 2 aromatic carbocycles. The maximum Gasteiger partial charge on any atom is 0.223 e. The number of guanidine groups is 1. The summed E-state index contributed by atoms with van der Waals surface area (Å²) in [7, 11) is 1.62. The van der Waals surface area contributed by atoms with E-state index in [9.17, 15) is 13.6 Å². The lowest BCUT2D eigenvalue weighted by Gasteiger charge is -2.19. The van der Waals surface area contributed by atoms with E-state index < -0.39 is 11.6 Å². The van der Waals surface area contributed by atoms with Crippen molar-refractivity contribution in [1.82, 2.24) is 15.5 Å². The smallest absolute Gasteiger partial charge is 0.223 e. The van der Waals surface area contributed by atoms with Crippen molar-refractivity contribution in [2.45, 2.75) is 38.9 Å². The van der Waals surface area contributed by atoms with Gasteiger partial charge >= 0.3 is 0 Å². The topological polar surface area (TPSA) is 56.7 Å². The predicted octanol–water partition coefficient (Wildman–Crippen LogP) is 3.51. The molecule has 1 unspecified atom stereocenters. The summed E-state index contributed by atoms with van der Waals surface area (Å²) in [5, 5.41) is 6.22. The number of fused-ring (bicyclic) bond motifs is 1. The number of benzene rings is 2. The van der Waals surface area contributed by atoms with Crippen LogP contribution in [0.2, 0.25) is 0 Å². The molecule has 0 saturated carbocycles. The number of nitrogens with zero attached hydrogens (tertiary/aromatic N) is 2. The molecule has 0 saturated heterocycles. The summed E-state index contributed by atoms with van der Waals surface area (Å²) in [5.74, 6) is -0.570. The zero-order valence-electron chi connectivity index (χ0n) is 16.7. The lowest BCUT2D eigenvalue weighted by atomic mass is 10.1. The third kappa shape index (κ3) is 5.31. The van der Waals surface area contributed by atoms with Crippen LogP contribution in [0, 0.1) is 11.6 Å². The Kier molecular flexibility index (Phi) is 6.80. The van der Waals surface area contributed by atoms with Gasteiger partial charge in [0.1, 0.15) is 11.6 Å². The Hall–Kier alpha value is -2.96. The number of hydrogen-bond acceptors (Lipinski definition) is 2. The molecule has 0 radical (unpaired) electrons. The zero-order valence-corrected chi connectivity index (χ0v) is 16.7. The van der Waals surface area contributed by atoms with Crippen LogP contribution in [0.4, 0.5) is 8.78 Å². The molecule has 0 bridgehead atoms. The molecule has 154 valence electrons. The first kappa shape index (κ1) is 20.8. The first-order chi connectivity index (χ1) is 14.0. The van der Waals surface area contributed by atoms with Gasteiger partial charge in [-0.1, -0.05) is 30.3 Å². The SMILES string of the molecule is CN=C(NCCCC(=O)N1Cc2ccccc2C1)NC(C)c1ccc(F)cc1F. The number of hydrogen-bond donors (Lipinski definition) is 2. The monoisotopic (exact) mass is 400 g/mol. The molecule has 7 heteroatoms. The molecule has 0 aromatic heterocycles. The first-order valence-corrected chi connectivity index (χ1v) is 9.74. The number of carbonyl (C=O) groups excluding carboxylic acids is 1. The minimum atomic E-state index is -0.605. The largest absolute Gasteiger partial charge is 0.356 e. The molecule has 0 fully saturated rings. The van der Waals surface area contributed by atoms with Crippen LogP contribution < -0.4 is 10.6 Å². The Morgan fingerprint density at radius 3 is 2.48 bits per heavy atom. The van der Waals surface area contributed by atoms with E-state index in [1.165, 1.54) is 23.3 Å². The van der Waals surface area contributed by atoms with E-state index in [-0.39, 0.29) is 11.9 Å². The van der Waals surface area contributed by atoms with Crippen LogP contribution in [-0.2, 0) is 17.9 Å². The molecule has 1 amide bonds. The van der Waals surface area contributed by atoms with Crippen molar-refractivity contribution in [2.24, 2.45) is 4.99 Å². The van der Waals surface area contributed by atoms with Crippen molar-refractivity contribution in [3.63, 3.8) is 0 Å². The van der Waals surface area contributed by atoms with E-state index in [0.717, 1.165) is 6.07 Å². The van der Waals surface area contributed by atoms with Crippen LogP contribution in [0.15, 0.2) is 47.5 Å². The summed E-state index contributed by atoms with van der Waals surface area (Å²) in [6.45, 7) is 3.68. The number of aliphatic imine (C=N–C) groups is 1. The lowest BCUT2D eigenvalue weighted by Crippen LogP contribution is -2.39. The molecular weight excluding hydrogens is 374 g/mol. The molecule has 2 aromatic rings. The number of nitrogens with one attached hydrogen (secondary N) is 2. The van der Waals surface area contributed by atoms with Gasteiger partial charge in [0.15, 0.2) is 5.96 Å². The van der Waals surface area contributed by atoms with E-state index >= 15 is 0 Å². The molecule has 3 rings (SSSR count). The number of carbonyl (C=O) groups is 1. The maximum atomic E-state index is 13.9. The summed E-state index contributed by atoms with van der Waals surface area (Å²) >= 11 is 0. The summed E-state index contributed by atoms with van der Waals surface area (Å²) < 4.78 is 27.0. The second-order valence-corrected chi connectivity index (χ2v) is 7.15. The molecule has 1 aliphatic heterocycles. The second-order valence-electron chi connectivity index (χ2n) is 7.15. The fourth-order valence-electron chi connectivity index (χ4n) is 3.44. The summed E-state index contributed by atoms with van der Waals surface area (Å²) in [4.78, 5) is 18.4. The van der Waals surface area contributed by atoms with Gasteiger partial charge in [0.05, 0.1) is 6.04 Å². The first-order valence-electron chi connectivity index (χ1n) is 9.74. The quantitative estimate of drug-likeness (QED) is 0.443. The van der Waals surface area contributed by atoms with E-state index in [4.69, 9.17) is 0 Å². The minimum absolute atomic E-state index is 0.132. The van der Waals surface area contributed by atoms with Crippen molar-refractivity contribution < 1.29 is 13.6 Å². The highest BCUT2D eigenvalue weighted by molar-refractivity contribution is 5.80. The van der Waals surface area contributed by atoms with Crippen molar-refractivity contribution in [1.29, 1.82) is 0 Å². The molecule has 1 aliphatic rings. The highest BCUT2D eigenvalue weighted by Crippen LogP contribution is 2.23. The highest BCUT2D eigenvalue weighted by atomic mass is 19.1. The van der Waals surface area contributed by atoms with Gasteiger partial charge in [0.25, 0.3) is 0 Å². The van der Waals surface area contributed by atoms with Gasteiger partial charge < -0.3 is 15.5 Å². The van der Waals surface area contributed by atoms with Crippen LogP contribution in [-0.4, -0.2) is 30.4 Å². The van der Waals surface area contributed by atoms with Crippen LogP contribution in [0.3, 0.4) is 0 Å². The normalized spacial score (nSPS) is 14.5. The Morgan fingerprint density at radius 1 is 1.17 bits per heavy atom. The van der Waals surface area contributed by atoms with Gasteiger partial charge in [0, 0.05) is 44.7 Å². The summed E-state index contributed by atoms with van der Waals surface area (Å²) in [5.41, 5.74) is 2.79. The molecule has 2 N–H and O–H groups in total. The Labute approximate surface area is 169 Å². The van der Waals surface area contributed by atoms with Gasteiger partial charge in [-0.25, -0.2) is 8.78 Å². The number of halogens is 2. The van der Waals surface area contributed by atoms with Crippen LogP contribution in [0.1, 0.15) is 42.5 Å². The number of amides is 1. The Morgan fingerprint density at radius 2 is 1.86 bits per heavy atom. The third-order valence-corrected chi connectivity index (χ3v) is 5.06. The van der Waals surface area contributed by atoms with Gasteiger partial charge in [-0.15, -0.1) is 0 Å². The van der Waals surface area contributed by atoms with Gasteiger partial charge in [-0.05, 0) is 30.5 Å². The molecule has 0 aliphatic carbocycles. The molecule has 5 nitrogen and oxygen atoms in total. The highest BCUT2D eigenvalue weighted by Gasteiger charge is 2.22. The van der Waals surface area contributed by atoms with Crippen molar-refractivity contribution >= 4 is 11.9 Å². The average molecular weight is 400 g/mol. The van der Waals surface area contributed by atoms with E-state index in [0.29, 0.717) is 44.0 Å². The van der Waals surface area contributed by atoms with E-state index in [1.54, 1.807) is 14.0 Å². The van der Waals surface area contributed by atoms with Crippen LogP contribution in [0.25, 0.3) is 0 Å². The fourth-order valence-corrected chi connectivity index (χ4v) is 3.44. The van der Waals surface area contributed by atoms with E-state index in [2.05, 4.69) is 27.8 Å². The lowest BCUT2D eigenvalue weighted by molar-refractivity contribution is -0.131.